The Morgan fingerprint density at radius 2 is 2.25 bits per heavy atom. The topological polar surface area (TPSA) is 104 Å². The van der Waals surface area contributed by atoms with Crippen LogP contribution in [0.25, 0.3) is 0 Å². The largest absolute Gasteiger partial charge is 0.476 e. The third kappa shape index (κ3) is 3.31. The summed E-state index contributed by atoms with van der Waals surface area (Å²) in [7, 11) is 1.48. The van der Waals surface area contributed by atoms with Crippen molar-refractivity contribution in [1.29, 1.82) is 0 Å². The van der Waals surface area contributed by atoms with Gasteiger partial charge >= 0.3 is 11.9 Å². The second-order valence-corrected chi connectivity index (χ2v) is 2.80. The number of carboxylic acids is 1. The van der Waals surface area contributed by atoms with E-state index in [0.29, 0.717) is 0 Å². The number of rotatable bonds is 6. The van der Waals surface area contributed by atoms with E-state index in [0.717, 1.165) is 10.9 Å². The average molecular weight is 229 g/mol. The Morgan fingerprint density at radius 3 is 2.88 bits per heavy atom. The lowest BCUT2D eigenvalue weighted by Gasteiger charge is -2.04. The molecule has 88 valence electrons. The van der Waals surface area contributed by atoms with Gasteiger partial charge in [0.25, 0.3) is 0 Å². The first-order chi connectivity index (χ1) is 7.65. The molecule has 0 spiro atoms. The van der Waals surface area contributed by atoms with Crippen molar-refractivity contribution in [3.05, 3.63) is 11.9 Å². The highest BCUT2D eigenvalue weighted by Gasteiger charge is 2.14. The summed E-state index contributed by atoms with van der Waals surface area (Å²) in [6.45, 7) is 0.118. The zero-order chi connectivity index (χ0) is 12.0. The molecule has 0 saturated heterocycles. The standard InChI is InChI=1S/C8H11N3O5/c1-15-2-3-16-7(12)5-11-6(8(13)14)4-9-10-11/h4H,2-3,5H2,1H3,(H,13,14). The molecule has 1 N–H and O–H groups in total. The number of esters is 1. The maximum absolute atomic E-state index is 11.2. The Morgan fingerprint density at radius 1 is 1.50 bits per heavy atom. The molecule has 1 aromatic heterocycles. The van der Waals surface area contributed by atoms with Crippen molar-refractivity contribution in [2.75, 3.05) is 20.3 Å². The third-order valence-corrected chi connectivity index (χ3v) is 1.67. The number of aromatic carboxylic acids is 1. The molecular weight excluding hydrogens is 218 g/mol. The Balaban J connectivity index is 2.49. The molecule has 0 unspecified atom stereocenters. The molecule has 8 nitrogen and oxygen atoms in total. The van der Waals surface area contributed by atoms with E-state index < -0.39 is 11.9 Å². The summed E-state index contributed by atoms with van der Waals surface area (Å²) in [5.41, 5.74) is -0.163. The fourth-order valence-corrected chi connectivity index (χ4v) is 0.947. The average Bonchev–Trinajstić information content (AvgIpc) is 2.66. The van der Waals surface area contributed by atoms with Crippen LogP contribution in [0.15, 0.2) is 6.20 Å². The molecule has 1 rings (SSSR count). The van der Waals surface area contributed by atoms with Crippen LogP contribution in [-0.2, 0) is 20.8 Å². The van der Waals surface area contributed by atoms with Crippen molar-refractivity contribution in [1.82, 2.24) is 15.0 Å². The Hall–Kier alpha value is -1.96. The molecule has 0 fully saturated rings. The zero-order valence-electron chi connectivity index (χ0n) is 8.62. The maximum Gasteiger partial charge on any atom is 0.355 e. The maximum atomic E-state index is 11.2. The van der Waals surface area contributed by atoms with Gasteiger partial charge in [0, 0.05) is 7.11 Å². The van der Waals surface area contributed by atoms with Gasteiger partial charge in [-0.25, -0.2) is 9.48 Å². The summed E-state index contributed by atoms with van der Waals surface area (Å²) < 4.78 is 10.4. The highest BCUT2D eigenvalue weighted by atomic mass is 16.6. The molecule has 0 aromatic carbocycles. The van der Waals surface area contributed by atoms with E-state index in [9.17, 15) is 9.59 Å². The predicted molar refractivity (Wildman–Crippen MR) is 49.8 cm³/mol. The van der Waals surface area contributed by atoms with Crippen LogP contribution in [0.4, 0.5) is 0 Å². The molecule has 1 aromatic rings. The van der Waals surface area contributed by atoms with Gasteiger partial charge in [-0.2, -0.15) is 0 Å². The molecule has 0 aliphatic heterocycles. The highest BCUT2D eigenvalue weighted by Crippen LogP contribution is 1.96. The predicted octanol–water partition coefficient (Wildman–Crippen LogP) is -0.834. The highest BCUT2D eigenvalue weighted by molar-refractivity contribution is 5.85. The molecule has 0 aliphatic rings. The molecule has 0 amide bonds. The minimum atomic E-state index is -1.20. The first-order valence-electron chi connectivity index (χ1n) is 4.41. The number of hydrogen-bond donors (Lipinski definition) is 1. The zero-order valence-corrected chi connectivity index (χ0v) is 8.62. The SMILES string of the molecule is COCCOC(=O)Cn1nncc1C(=O)O. The van der Waals surface area contributed by atoms with Crippen LogP contribution in [-0.4, -0.2) is 52.4 Å². The van der Waals surface area contributed by atoms with Crippen molar-refractivity contribution in [2.24, 2.45) is 0 Å². The van der Waals surface area contributed by atoms with E-state index in [1.807, 2.05) is 0 Å². The van der Waals surface area contributed by atoms with Crippen LogP contribution in [0.3, 0.4) is 0 Å². The van der Waals surface area contributed by atoms with Gasteiger partial charge in [-0.05, 0) is 0 Å². The van der Waals surface area contributed by atoms with E-state index in [2.05, 4.69) is 15.0 Å². The summed E-state index contributed by atoms with van der Waals surface area (Å²) >= 11 is 0. The van der Waals surface area contributed by atoms with E-state index in [-0.39, 0.29) is 25.5 Å². The van der Waals surface area contributed by atoms with Gasteiger partial charge in [0.15, 0.2) is 5.69 Å². The number of nitrogens with zero attached hydrogens (tertiary/aromatic N) is 3. The van der Waals surface area contributed by atoms with Crippen LogP contribution in [0.5, 0.6) is 0 Å². The van der Waals surface area contributed by atoms with Crippen LogP contribution < -0.4 is 0 Å². The molecular formula is C8H11N3O5. The smallest absolute Gasteiger partial charge is 0.355 e. The first-order valence-corrected chi connectivity index (χ1v) is 4.41. The first kappa shape index (κ1) is 12.1. The number of carbonyl (C=O) groups excluding carboxylic acids is 1. The molecule has 0 atom stereocenters. The monoisotopic (exact) mass is 229 g/mol. The van der Waals surface area contributed by atoms with Gasteiger partial charge in [0.2, 0.25) is 0 Å². The molecule has 8 heteroatoms. The normalized spacial score (nSPS) is 10.1. The second-order valence-electron chi connectivity index (χ2n) is 2.80. The molecule has 0 radical (unpaired) electrons. The molecule has 0 aliphatic carbocycles. The van der Waals surface area contributed by atoms with Crippen molar-refractivity contribution in [3.8, 4) is 0 Å². The minimum absolute atomic E-state index is 0.117. The van der Waals surface area contributed by atoms with E-state index >= 15 is 0 Å². The van der Waals surface area contributed by atoms with E-state index in [4.69, 9.17) is 9.84 Å². The molecule has 16 heavy (non-hydrogen) atoms. The number of aromatic nitrogens is 3. The summed E-state index contributed by atoms with van der Waals surface area (Å²) in [6, 6.07) is 0. The van der Waals surface area contributed by atoms with E-state index in [1.165, 1.54) is 7.11 Å². The molecule has 0 saturated carbocycles. The number of ether oxygens (including phenoxy) is 2. The lowest BCUT2D eigenvalue weighted by atomic mass is 10.4. The van der Waals surface area contributed by atoms with Gasteiger partial charge < -0.3 is 14.6 Å². The van der Waals surface area contributed by atoms with Gasteiger partial charge in [-0.3, -0.25) is 4.79 Å². The fourth-order valence-electron chi connectivity index (χ4n) is 0.947. The lowest BCUT2D eigenvalue weighted by molar-refractivity contribution is -0.145. The number of hydrogen-bond acceptors (Lipinski definition) is 6. The minimum Gasteiger partial charge on any atom is -0.476 e. The second kappa shape index (κ2) is 5.81. The van der Waals surface area contributed by atoms with Gasteiger partial charge in [-0.15, -0.1) is 5.10 Å². The van der Waals surface area contributed by atoms with E-state index in [1.54, 1.807) is 0 Å². The Labute approximate surface area is 90.8 Å². The van der Waals surface area contributed by atoms with Crippen molar-refractivity contribution in [3.63, 3.8) is 0 Å². The number of carboxylic acid groups (broad SMARTS) is 1. The Bertz CT molecular complexity index is 376. The van der Waals surface area contributed by atoms with Gasteiger partial charge in [0.05, 0.1) is 12.8 Å². The summed E-state index contributed by atoms with van der Waals surface area (Å²) in [4.78, 5) is 21.9. The van der Waals surface area contributed by atoms with Crippen LogP contribution in [0.1, 0.15) is 10.5 Å². The fraction of sp³-hybridized carbons (Fsp3) is 0.500. The van der Waals surface area contributed by atoms with Crippen LogP contribution in [0.2, 0.25) is 0 Å². The van der Waals surface area contributed by atoms with Crippen molar-refractivity contribution >= 4 is 11.9 Å². The van der Waals surface area contributed by atoms with Crippen LogP contribution in [0, 0.1) is 0 Å². The van der Waals surface area contributed by atoms with Crippen molar-refractivity contribution in [2.45, 2.75) is 6.54 Å². The third-order valence-electron chi connectivity index (χ3n) is 1.67. The van der Waals surface area contributed by atoms with Gasteiger partial charge in [-0.1, -0.05) is 5.21 Å². The summed E-state index contributed by atoms with van der Waals surface area (Å²) in [5.74, 6) is -1.79. The lowest BCUT2D eigenvalue weighted by Crippen LogP contribution is -2.20. The Kier molecular flexibility index (Phi) is 4.40. The number of carbonyl (C=O) groups is 2. The summed E-state index contributed by atoms with van der Waals surface area (Å²) in [6.07, 6.45) is 1.06. The van der Waals surface area contributed by atoms with Crippen LogP contribution >= 0.6 is 0 Å². The summed E-state index contributed by atoms with van der Waals surface area (Å²) in [5, 5.41) is 15.6. The molecule has 0 bridgehead atoms. The number of methoxy groups -OCH3 is 1. The quantitative estimate of drug-likeness (QED) is 0.501. The van der Waals surface area contributed by atoms with Crippen molar-refractivity contribution < 1.29 is 24.2 Å². The van der Waals surface area contributed by atoms with Gasteiger partial charge in [0.1, 0.15) is 13.2 Å². The molecule has 1 heterocycles.